The summed E-state index contributed by atoms with van der Waals surface area (Å²) in [6, 6.07) is 0. The Morgan fingerprint density at radius 3 is 1.43 bits per heavy atom. The van der Waals surface area contributed by atoms with Crippen LogP contribution in [0, 0.1) is 0 Å². The van der Waals surface area contributed by atoms with Crippen LogP contribution in [0.25, 0.3) is 0 Å². The van der Waals surface area contributed by atoms with Gasteiger partial charge in [-0.2, -0.15) is 0 Å². The van der Waals surface area contributed by atoms with Crippen molar-refractivity contribution in [1.82, 2.24) is 0 Å². The molecule has 40 valence electrons. The Kier molecular flexibility index (Phi) is 3.81. The molecule has 0 amide bonds. The zero-order chi connectivity index (χ0) is 4.24. The van der Waals surface area contributed by atoms with Crippen LogP contribution in [0.15, 0.2) is 24.3 Å². The lowest BCUT2D eigenvalue weighted by molar-refractivity contribution is 1.04. The molecule has 1 aliphatic rings. The van der Waals surface area contributed by atoms with Gasteiger partial charge in [0.15, 0.2) is 0 Å². The van der Waals surface area contributed by atoms with E-state index < -0.39 is 0 Å². The molecule has 0 aliphatic heterocycles. The first-order chi connectivity index (χ1) is 3.00. The Bertz CT molecular complexity index is 70.2. The van der Waals surface area contributed by atoms with E-state index in [1.165, 1.54) is 12.8 Å². The number of hydrogen-bond donors (Lipinski definition) is 0. The topological polar surface area (TPSA) is 0 Å². The van der Waals surface area contributed by atoms with E-state index in [2.05, 4.69) is 24.3 Å². The van der Waals surface area contributed by atoms with Gasteiger partial charge in [-0.25, -0.2) is 0 Å². The molecule has 0 nitrogen and oxygen atoms in total. The molecule has 0 saturated carbocycles. The van der Waals surface area contributed by atoms with E-state index in [1.54, 1.807) is 0 Å². The van der Waals surface area contributed by atoms with Crippen molar-refractivity contribution in [2.45, 2.75) is 12.8 Å². The first-order valence-corrected chi connectivity index (χ1v) is 2.32. The monoisotopic (exact) mass is 116 g/mol. The first-order valence-electron chi connectivity index (χ1n) is 2.32. The van der Waals surface area contributed by atoms with Crippen LogP contribution in [0.4, 0.5) is 0 Å². The first kappa shape index (κ1) is 6.77. The van der Waals surface area contributed by atoms with Crippen LogP contribution in [-0.4, -0.2) is 0 Å². The van der Waals surface area contributed by atoms with Crippen molar-refractivity contribution >= 4 is 12.4 Å². The van der Waals surface area contributed by atoms with Crippen molar-refractivity contribution in [2.24, 2.45) is 0 Å². The average Bonchev–Trinajstić information content (AvgIpc) is 1.72. The molecule has 0 N–H and O–H groups in total. The predicted octanol–water partition coefficient (Wildman–Crippen LogP) is 2.31. The van der Waals surface area contributed by atoms with E-state index >= 15 is 0 Å². The molecular formula is C6H9Cl. The lowest BCUT2D eigenvalue weighted by Gasteiger charge is -1.88. The fourth-order valence-electron chi connectivity index (χ4n) is 0.542. The number of hydrogen-bond acceptors (Lipinski definition) is 0. The second kappa shape index (κ2) is 3.94. The Morgan fingerprint density at radius 2 is 1.29 bits per heavy atom. The molecule has 1 heteroatoms. The Hall–Kier alpha value is -0.230. The largest absolute Gasteiger partial charge is 0.147 e. The summed E-state index contributed by atoms with van der Waals surface area (Å²) in [7, 11) is 0. The van der Waals surface area contributed by atoms with E-state index in [4.69, 9.17) is 0 Å². The predicted molar refractivity (Wildman–Crippen MR) is 34.8 cm³/mol. The van der Waals surface area contributed by atoms with Gasteiger partial charge in [0, 0.05) is 0 Å². The molecule has 0 aromatic carbocycles. The number of rotatable bonds is 0. The smallest absolute Gasteiger partial charge is 0.0313 e. The molecule has 0 atom stereocenters. The highest BCUT2D eigenvalue weighted by Crippen LogP contribution is 1.98. The van der Waals surface area contributed by atoms with E-state index in [9.17, 15) is 0 Å². The molecule has 7 heavy (non-hydrogen) atoms. The summed E-state index contributed by atoms with van der Waals surface area (Å²) in [5, 5.41) is 0. The van der Waals surface area contributed by atoms with Gasteiger partial charge in [0.05, 0.1) is 0 Å². The van der Waals surface area contributed by atoms with Crippen LogP contribution in [0.3, 0.4) is 0 Å². The Labute approximate surface area is 50.3 Å². The van der Waals surface area contributed by atoms with E-state index in [0.717, 1.165) is 0 Å². The minimum Gasteiger partial charge on any atom is -0.147 e. The second-order valence-corrected chi connectivity index (χ2v) is 1.43. The van der Waals surface area contributed by atoms with Gasteiger partial charge in [-0.05, 0) is 12.8 Å². The van der Waals surface area contributed by atoms with Gasteiger partial charge in [-0.3, -0.25) is 0 Å². The highest BCUT2D eigenvalue weighted by molar-refractivity contribution is 5.85. The quantitative estimate of drug-likeness (QED) is 0.456. The molecule has 0 bridgehead atoms. The van der Waals surface area contributed by atoms with Crippen molar-refractivity contribution in [1.29, 1.82) is 0 Å². The summed E-state index contributed by atoms with van der Waals surface area (Å²) >= 11 is 0. The lowest BCUT2D eigenvalue weighted by Crippen LogP contribution is -1.67. The van der Waals surface area contributed by atoms with Gasteiger partial charge in [-0.15, -0.1) is 12.4 Å². The van der Waals surface area contributed by atoms with Crippen LogP contribution in [-0.2, 0) is 0 Å². The Morgan fingerprint density at radius 1 is 0.857 bits per heavy atom. The maximum atomic E-state index is 2.18. The van der Waals surface area contributed by atoms with Crippen molar-refractivity contribution in [3.63, 3.8) is 0 Å². The van der Waals surface area contributed by atoms with Gasteiger partial charge >= 0.3 is 0 Å². The highest BCUT2D eigenvalue weighted by Gasteiger charge is 1.77. The number of allylic oxidation sites excluding steroid dienone is 4. The Balaban J connectivity index is 0.000000360. The maximum absolute atomic E-state index is 2.18. The summed E-state index contributed by atoms with van der Waals surface area (Å²) in [5.41, 5.74) is 0. The minimum atomic E-state index is 0. The van der Waals surface area contributed by atoms with Crippen LogP contribution in [0.5, 0.6) is 0 Å². The summed E-state index contributed by atoms with van der Waals surface area (Å²) in [6.07, 6.45) is 11.0. The van der Waals surface area contributed by atoms with Gasteiger partial charge < -0.3 is 0 Å². The molecule has 0 spiro atoms. The molecule has 1 aliphatic carbocycles. The fourth-order valence-corrected chi connectivity index (χ4v) is 0.542. The summed E-state index contributed by atoms with van der Waals surface area (Å²) in [5.74, 6) is 0. The highest BCUT2D eigenvalue weighted by atomic mass is 35.5. The average molecular weight is 117 g/mol. The van der Waals surface area contributed by atoms with Crippen molar-refractivity contribution in [2.75, 3.05) is 0 Å². The zero-order valence-electron chi connectivity index (χ0n) is 4.13. The molecule has 0 fully saturated rings. The van der Waals surface area contributed by atoms with Gasteiger partial charge in [0.2, 0.25) is 0 Å². The van der Waals surface area contributed by atoms with Gasteiger partial charge in [0.25, 0.3) is 0 Å². The molecular weight excluding hydrogens is 108 g/mol. The fraction of sp³-hybridized carbons (Fsp3) is 0.333. The third-order valence-electron chi connectivity index (χ3n) is 0.883. The maximum Gasteiger partial charge on any atom is -0.0313 e. The summed E-state index contributed by atoms with van der Waals surface area (Å²) < 4.78 is 0. The molecule has 0 saturated heterocycles. The molecule has 0 heterocycles. The summed E-state index contributed by atoms with van der Waals surface area (Å²) in [4.78, 5) is 0. The van der Waals surface area contributed by atoms with Crippen LogP contribution >= 0.6 is 12.4 Å². The summed E-state index contributed by atoms with van der Waals surface area (Å²) in [6.45, 7) is 0. The van der Waals surface area contributed by atoms with E-state index in [1.807, 2.05) is 0 Å². The molecule has 0 radical (unpaired) electrons. The van der Waals surface area contributed by atoms with Crippen molar-refractivity contribution in [3.8, 4) is 0 Å². The molecule has 0 unspecified atom stereocenters. The van der Waals surface area contributed by atoms with E-state index in [-0.39, 0.29) is 12.4 Å². The van der Waals surface area contributed by atoms with Gasteiger partial charge in [0.1, 0.15) is 0 Å². The molecule has 1 rings (SSSR count). The molecule has 0 aromatic heterocycles. The number of halogens is 1. The normalized spacial score (nSPS) is 16.0. The second-order valence-electron chi connectivity index (χ2n) is 1.43. The van der Waals surface area contributed by atoms with Crippen LogP contribution < -0.4 is 0 Å². The SMILES string of the molecule is C1=CCCC=C1.Cl. The standard InChI is InChI=1S/C6H8.ClH/c1-2-4-6-5-3-1;/h1-4H,5-6H2;1H. The van der Waals surface area contributed by atoms with Crippen molar-refractivity contribution in [3.05, 3.63) is 24.3 Å². The zero-order valence-corrected chi connectivity index (χ0v) is 4.95. The van der Waals surface area contributed by atoms with Crippen LogP contribution in [0.2, 0.25) is 0 Å². The minimum absolute atomic E-state index is 0. The lowest BCUT2D eigenvalue weighted by atomic mass is 10.2. The van der Waals surface area contributed by atoms with Crippen LogP contribution in [0.1, 0.15) is 12.8 Å². The van der Waals surface area contributed by atoms with Gasteiger partial charge in [-0.1, -0.05) is 24.3 Å². The molecule has 0 aromatic rings. The van der Waals surface area contributed by atoms with Crippen molar-refractivity contribution < 1.29 is 0 Å². The third kappa shape index (κ3) is 2.46. The third-order valence-corrected chi connectivity index (χ3v) is 0.883. The van der Waals surface area contributed by atoms with E-state index in [0.29, 0.717) is 0 Å².